The third-order valence-corrected chi connectivity index (χ3v) is 5.43. The molecule has 33 heavy (non-hydrogen) atoms. The SMILES string of the molecule is CS(=O)(=O)Nc1ccc(NC(=O)C2=C(O)CN(C(=O)c3ccc4c(c3)OCO4)CC2=O)cc1. The molecule has 2 aliphatic rings. The predicted octanol–water partition coefficient (Wildman–Crippen LogP) is 1.26. The fraction of sp³-hybridized carbons (Fsp3) is 0.190. The van der Waals surface area contributed by atoms with Gasteiger partial charge in [0.2, 0.25) is 16.8 Å². The maximum Gasteiger partial charge on any atom is 0.262 e. The number of ketones is 1. The van der Waals surface area contributed by atoms with Crippen LogP contribution in [-0.4, -0.2) is 62.2 Å². The fourth-order valence-electron chi connectivity index (χ4n) is 3.37. The van der Waals surface area contributed by atoms with Crippen LogP contribution in [-0.2, 0) is 19.6 Å². The Morgan fingerprint density at radius 2 is 1.67 bits per heavy atom. The molecule has 4 rings (SSSR count). The van der Waals surface area contributed by atoms with E-state index < -0.39 is 45.5 Å². The van der Waals surface area contributed by atoms with E-state index in [2.05, 4.69) is 10.0 Å². The summed E-state index contributed by atoms with van der Waals surface area (Å²) >= 11 is 0. The third-order valence-electron chi connectivity index (χ3n) is 4.82. The third kappa shape index (κ3) is 4.90. The molecule has 172 valence electrons. The van der Waals surface area contributed by atoms with Gasteiger partial charge in [-0.3, -0.25) is 19.1 Å². The van der Waals surface area contributed by atoms with Crippen molar-refractivity contribution in [2.75, 3.05) is 36.2 Å². The van der Waals surface area contributed by atoms with E-state index in [0.29, 0.717) is 17.2 Å². The van der Waals surface area contributed by atoms with Gasteiger partial charge in [-0.2, -0.15) is 0 Å². The second-order valence-electron chi connectivity index (χ2n) is 7.38. The highest BCUT2D eigenvalue weighted by Crippen LogP contribution is 2.33. The molecule has 2 amide bonds. The average molecular weight is 473 g/mol. The van der Waals surface area contributed by atoms with Gasteiger partial charge in [0.05, 0.1) is 19.3 Å². The van der Waals surface area contributed by atoms with Crippen LogP contribution in [0.1, 0.15) is 10.4 Å². The van der Waals surface area contributed by atoms with E-state index in [4.69, 9.17) is 9.47 Å². The first-order valence-corrected chi connectivity index (χ1v) is 11.5. The summed E-state index contributed by atoms with van der Waals surface area (Å²) in [6, 6.07) is 10.3. The molecular formula is C21H19N3O8S. The second-order valence-corrected chi connectivity index (χ2v) is 9.13. The minimum atomic E-state index is -3.45. The van der Waals surface area contributed by atoms with E-state index in [1.807, 2.05) is 0 Å². The van der Waals surface area contributed by atoms with E-state index in [1.165, 1.54) is 36.4 Å². The van der Waals surface area contributed by atoms with Crippen molar-refractivity contribution in [2.24, 2.45) is 0 Å². The summed E-state index contributed by atoms with van der Waals surface area (Å²) in [5.74, 6) is -1.70. The lowest BCUT2D eigenvalue weighted by Gasteiger charge is -2.27. The average Bonchev–Trinajstić information content (AvgIpc) is 3.21. The van der Waals surface area contributed by atoms with Crippen molar-refractivity contribution >= 4 is 39.0 Å². The summed E-state index contributed by atoms with van der Waals surface area (Å²) in [4.78, 5) is 39.1. The number of aliphatic hydroxyl groups is 1. The molecule has 2 aromatic rings. The van der Waals surface area contributed by atoms with Crippen molar-refractivity contribution in [1.29, 1.82) is 0 Å². The molecule has 0 aliphatic carbocycles. The van der Waals surface area contributed by atoms with Crippen molar-refractivity contribution in [3.05, 3.63) is 59.4 Å². The van der Waals surface area contributed by atoms with Crippen LogP contribution < -0.4 is 19.5 Å². The van der Waals surface area contributed by atoms with Crippen LogP contribution >= 0.6 is 0 Å². The first kappa shape index (κ1) is 22.1. The van der Waals surface area contributed by atoms with E-state index >= 15 is 0 Å². The first-order valence-electron chi connectivity index (χ1n) is 9.64. The van der Waals surface area contributed by atoms with Crippen LogP contribution in [0.5, 0.6) is 11.5 Å². The summed E-state index contributed by atoms with van der Waals surface area (Å²) in [6.45, 7) is -0.662. The molecule has 2 heterocycles. The van der Waals surface area contributed by atoms with Gasteiger partial charge in [-0.25, -0.2) is 8.42 Å². The first-order chi connectivity index (χ1) is 15.6. The number of amides is 2. The minimum Gasteiger partial charge on any atom is -0.509 e. The van der Waals surface area contributed by atoms with Crippen LogP contribution in [0.3, 0.4) is 0 Å². The van der Waals surface area contributed by atoms with Gasteiger partial charge in [0.1, 0.15) is 11.3 Å². The highest BCUT2D eigenvalue weighted by atomic mass is 32.2. The number of sulfonamides is 1. The summed E-state index contributed by atoms with van der Waals surface area (Å²) in [6.07, 6.45) is 1.01. The van der Waals surface area contributed by atoms with Crippen molar-refractivity contribution in [3.8, 4) is 11.5 Å². The zero-order valence-electron chi connectivity index (χ0n) is 17.3. The standard InChI is InChI=1S/C21H19N3O8S/c1-33(29,30)23-14-5-3-13(4-6-14)22-20(27)19-15(25)9-24(10-16(19)26)21(28)12-2-7-17-18(8-12)32-11-31-17/h2-8,23,25H,9-11H2,1H3,(H,22,27). The Morgan fingerprint density at radius 1 is 1.00 bits per heavy atom. The number of fused-ring (bicyclic) bond motifs is 1. The molecule has 0 radical (unpaired) electrons. The molecule has 2 aliphatic heterocycles. The topological polar surface area (TPSA) is 151 Å². The zero-order chi connectivity index (χ0) is 23.8. The highest BCUT2D eigenvalue weighted by molar-refractivity contribution is 7.92. The summed E-state index contributed by atoms with van der Waals surface area (Å²) in [5.41, 5.74) is 0.383. The minimum absolute atomic E-state index is 0.0497. The molecule has 0 fully saturated rings. The number of nitrogens with zero attached hydrogens (tertiary/aromatic N) is 1. The maximum absolute atomic E-state index is 12.8. The number of anilines is 2. The molecule has 0 spiro atoms. The van der Waals surface area contributed by atoms with Crippen molar-refractivity contribution < 1.29 is 37.4 Å². The molecule has 2 aromatic carbocycles. The fourth-order valence-corrected chi connectivity index (χ4v) is 3.94. The number of hydrogen-bond acceptors (Lipinski definition) is 8. The second kappa shape index (κ2) is 8.47. The lowest BCUT2D eigenvalue weighted by atomic mass is 10.0. The van der Waals surface area contributed by atoms with Crippen LogP contribution in [0.4, 0.5) is 11.4 Å². The predicted molar refractivity (Wildman–Crippen MR) is 117 cm³/mol. The van der Waals surface area contributed by atoms with E-state index in [-0.39, 0.29) is 24.6 Å². The largest absolute Gasteiger partial charge is 0.509 e. The monoisotopic (exact) mass is 473 g/mol. The molecule has 12 heteroatoms. The van der Waals surface area contributed by atoms with Gasteiger partial charge < -0.3 is 24.8 Å². The highest BCUT2D eigenvalue weighted by Gasteiger charge is 2.33. The molecule has 3 N–H and O–H groups in total. The van der Waals surface area contributed by atoms with Gasteiger partial charge in [-0.15, -0.1) is 0 Å². The zero-order valence-corrected chi connectivity index (χ0v) is 18.1. The molecule has 0 bridgehead atoms. The molecule has 0 unspecified atom stereocenters. The smallest absolute Gasteiger partial charge is 0.262 e. The van der Waals surface area contributed by atoms with E-state index in [1.54, 1.807) is 6.07 Å². The molecule has 0 aromatic heterocycles. The van der Waals surface area contributed by atoms with Gasteiger partial charge in [-0.05, 0) is 42.5 Å². The van der Waals surface area contributed by atoms with Gasteiger partial charge in [0.15, 0.2) is 17.3 Å². The van der Waals surface area contributed by atoms with Crippen LogP contribution in [0.25, 0.3) is 0 Å². The quantitative estimate of drug-likeness (QED) is 0.549. The Hall–Kier alpha value is -4.06. The van der Waals surface area contributed by atoms with Gasteiger partial charge >= 0.3 is 0 Å². The number of carbonyl (C=O) groups excluding carboxylic acids is 3. The van der Waals surface area contributed by atoms with Crippen LogP contribution in [0.15, 0.2) is 53.8 Å². The van der Waals surface area contributed by atoms with Crippen molar-refractivity contribution in [1.82, 2.24) is 4.90 Å². The number of benzene rings is 2. The van der Waals surface area contributed by atoms with E-state index in [0.717, 1.165) is 11.2 Å². The van der Waals surface area contributed by atoms with Gasteiger partial charge in [0.25, 0.3) is 11.8 Å². The van der Waals surface area contributed by atoms with Crippen molar-refractivity contribution in [3.63, 3.8) is 0 Å². The Bertz CT molecular complexity index is 1290. The summed E-state index contributed by atoms with van der Waals surface area (Å²) in [5, 5.41) is 12.8. The summed E-state index contributed by atoms with van der Waals surface area (Å²) < 4.78 is 35.3. The number of rotatable bonds is 5. The molecule has 0 atom stereocenters. The Labute approximate surface area is 188 Å². The van der Waals surface area contributed by atoms with Gasteiger partial charge in [-0.1, -0.05) is 0 Å². The Morgan fingerprint density at radius 3 is 2.33 bits per heavy atom. The number of Topliss-reactive ketones (excluding diaryl/α,β-unsaturated/α-hetero) is 1. The maximum atomic E-state index is 12.8. The number of hydrogen-bond donors (Lipinski definition) is 3. The lowest BCUT2D eigenvalue weighted by molar-refractivity contribution is -0.121. The lowest BCUT2D eigenvalue weighted by Crippen LogP contribution is -2.44. The molecule has 11 nitrogen and oxygen atoms in total. The molecule has 0 saturated carbocycles. The van der Waals surface area contributed by atoms with Crippen LogP contribution in [0.2, 0.25) is 0 Å². The molecule has 0 saturated heterocycles. The summed E-state index contributed by atoms with van der Waals surface area (Å²) in [7, 11) is -3.45. The Balaban J connectivity index is 1.45. The van der Waals surface area contributed by atoms with Crippen LogP contribution in [0, 0.1) is 0 Å². The van der Waals surface area contributed by atoms with E-state index in [9.17, 15) is 27.9 Å². The molecular weight excluding hydrogens is 454 g/mol. The van der Waals surface area contributed by atoms with Gasteiger partial charge in [0, 0.05) is 16.9 Å². The number of aliphatic hydroxyl groups excluding tert-OH is 1. The van der Waals surface area contributed by atoms with Crippen molar-refractivity contribution in [2.45, 2.75) is 0 Å². The number of carbonyl (C=O) groups is 3. The number of ether oxygens (including phenoxy) is 2. The Kier molecular flexibility index (Phi) is 5.68. The normalized spacial score (nSPS) is 15.4. The number of nitrogens with one attached hydrogen (secondary N) is 2.